The number of hydrogen-bond donors (Lipinski definition) is 2. The van der Waals surface area contributed by atoms with Crippen molar-refractivity contribution in [3.63, 3.8) is 0 Å². The molecule has 2 aromatic heterocycles. The fourth-order valence-corrected chi connectivity index (χ4v) is 3.23. The average molecular weight is 386 g/mol. The molecule has 0 saturated carbocycles. The summed E-state index contributed by atoms with van der Waals surface area (Å²) in [5.74, 6) is -0.628. The van der Waals surface area contributed by atoms with Gasteiger partial charge in [0, 0.05) is 29.4 Å². The summed E-state index contributed by atoms with van der Waals surface area (Å²) in [6.07, 6.45) is 2.26. The Morgan fingerprint density at radius 2 is 2.07 bits per heavy atom. The van der Waals surface area contributed by atoms with Crippen LogP contribution in [0, 0.1) is 13.8 Å². The number of aromatic nitrogens is 3. The molecule has 3 aromatic rings. The van der Waals surface area contributed by atoms with E-state index in [9.17, 15) is 9.59 Å². The van der Waals surface area contributed by atoms with Crippen LogP contribution in [-0.4, -0.2) is 26.4 Å². The number of amides is 2. The minimum absolute atomic E-state index is 0.0628. The smallest absolute Gasteiger partial charge is 0.254 e. The lowest BCUT2D eigenvalue weighted by Gasteiger charge is -2.11. The summed E-state index contributed by atoms with van der Waals surface area (Å²) < 4.78 is 1.59. The molecule has 0 saturated heterocycles. The van der Waals surface area contributed by atoms with Gasteiger partial charge in [0.2, 0.25) is 5.91 Å². The van der Waals surface area contributed by atoms with Crippen molar-refractivity contribution < 1.29 is 9.59 Å². The van der Waals surface area contributed by atoms with Crippen LogP contribution in [0.4, 0.5) is 0 Å². The number of carbonyl (C=O) groups excluding carboxylic acids is 2. The molecule has 0 spiro atoms. The first-order valence-electron chi connectivity index (χ1n) is 8.51. The van der Waals surface area contributed by atoms with E-state index in [1.165, 1.54) is 6.20 Å². The predicted octanol–water partition coefficient (Wildman–Crippen LogP) is 2.35. The number of halogens is 1. The second-order valence-corrected chi connectivity index (χ2v) is 6.76. The number of nitrogens with two attached hydrogens (primary N) is 1. The molecule has 7 nitrogen and oxygen atoms in total. The molecule has 3 rings (SSSR count). The van der Waals surface area contributed by atoms with Crippen LogP contribution in [0.15, 0.2) is 30.5 Å². The van der Waals surface area contributed by atoms with Gasteiger partial charge in [-0.3, -0.25) is 9.59 Å². The van der Waals surface area contributed by atoms with Gasteiger partial charge in [-0.15, -0.1) is 0 Å². The maximum Gasteiger partial charge on any atom is 0.254 e. The van der Waals surface area contributed by atoms with Crippen molar-refractivity contribution in [2.45, 2.75) is 33.2 Å². The molecule has 0 aliphatic rings. The van der Waals surface area contributed by atoms with E-state index in [2.05, 4.69) is 15.4 Å². The molecule has 8 heteroatoms. The lowest BCUT2D eigenvalue weighted by atomic mass is 10.1. The Hall–Kier alpha value is -2.93. The second-order valence-electron chi connectivity index (χ2n) is 6.33. The number of nitrogens with zero attached hydrogens (tertiary/aromatic N) is 3. The Morgan fingerprint density at radius 3 is 2.78 bits per heavy atom. The maximum absolute atomic E-state index is 12.2. The van der Waals surface area contributed by atoms with Gasteiger partial charge in [0.25, 0.3) is 5.91 Å². The number of rotatable bonds is 6. The monoisotopic (exact) mass is 385 g/mol. The zero-order valence-electron chi connectivity index (χ0n) is 15.1. The highest BCUT2D eigenvalue weighted by molar-refractivity contribution is 6.30. The first-order valence-corrected chi connectivity index (χ1v) is 8.89. The van der Waals surface area contributed by atoms with Gasteiger partial charge in [-0.2, -0.15) is 5.10 Å². The van der Waals surface area contributed by atoms with Crippen molar-refractivity contribution in [1.29, 1.82) is 0 Å². The summed E-state index contributed by atoms with van der Waals surface area (Å²) in [6.45, 7) is 4.17. The van der Waals surface area contributed by atoms with Crippen molar-refractivity contribution in [2.24, 2.45) is 5.73 Å². The van der Waals surface area contributed by atoms with E-state index in [1.54, 1.807) is 10.6 Å². The molecule has 140 valence electrons. The van der Waals surface area contributed by atoms with Gasteiger partial charge in [0.15, 0.2) is 5.65 Å². The molecule has 0 fully saturated rings. The average Bonchev–Trinajstić information content (AvgIpc) is 3.04. The Labute approximate surface area is 161 Å². The molecule has 3 N–H and O–H groups in total. The molecule has 0 aliphatic carbocycles. The van der Waals surface area contributed by atoms with Crippen LogP contribution in [0.25, 0.3) is 5.65 Å². The van der Waals surface area contributed by atoms with Crippen LogP contribution in [-0.2, 0) is 17.8 Å². The Morgan fingerprint density at radius 1 is 1.30 bits per heavy atom. The Kier molecular flexibility index (Phi) is 5.41. The zero-order chi connectivity index (χ0) is 19.6. The molecular formula is C19H20ClN5O2. The topological polar surface area (TPSA) is 102 Å². The first-order chi connectivity index (χ1) is 12.9. The normalized spacial score (nSPS) is 10.9. The molecule has 0 unspecified atom stereocenters. The number of fused-ring (bicyclic) bond motifs is 1. The van der Waals surface area contributed by atoms with Crippen molar-refractivity contribution >= 4 is 29.1 Å². The molecule has 1 aromatic carbocycles. The number of benzene rings is 1. The minimum atomic E-state index is -0.565. The van der Waals surface area contributed by atoms with Crippen LogP contribution in [0.2, 0.25) is 5.02 Å². The number of primary amides is 1. The van der Waals surface area contributed by atoms with E-state index >= 15 is 0 Å². The highest BCUT2D eigenvalue weighted by atomic mass is 35.5. The van der Waals surface area contributed by atoms with Gasteiger partial charge in [-0.1, -0.05) is 23.7 Å². The summed E-state index contributed by atoms with van der Waals surface area (Å²) in [6, 6.07) is 7.37. The van der Waals surface area contributed by atoms with Gasteiger partial charge in [0.05, 0.1) is 6.20 Å². The van der Waals surface area contributed by atoms with Crippen molar-refractivity contribution in [2.75, 3.05) is 0 Å². The van der Waals surface area contributed by atoms with Gasteiger partial charge in [0.1, 0.15) is 5.56 Å². The largest absolute Gasteiger partial charge is 0.365 e. The van der Waals surface area contributed by atoms with Gasteiger partial charge >= 0.3 is 0 Å². The summed E-state index contributed by atoms with van der Waals surface area (Å²) in [4.78, 5) is 28.1. The van der Waals surface area contributed by atoms with Crippen molar-refractivity contribution in [3.05, 3.63) is 63.6 Å². The van der Waals surface area contributed by atoms with Crippen molar-refractivity contribution in [3.8, 4) is 0 Å². The lowest BCUT2D eigenvalue weighted by molar-refractivity contribution is -0.121. The number of carbonyl (C=O) groups is 2. The third kappa shape index (κ3) is 4.09. The van der Waals surface area contributed by atoms with Crippen LogP contribution in [0.3, 0.4) is 0 Å². The van der Waals surface area contributed by atoms with Crippen LogP contribution >= 0.6 is 11.6 Å². The minimum Gasteiger partial charge on any atom is -0.365 e. The van der Waals surface area contributed by atoms with E-state index in [-0.39, 0.29) is 11.5 Å². The van der Waals surface area contributed by atoms with Crippen LogP contribution in [0.1, 0.15) is 39.3 Å². The molecule has 0 radical (unpaired) electrons. The summed E-state index contributed by atoms with van der Waals surface area (Å²) >= 11 is 5.95. The first kappa shape index (κ1) is 18.8. The Balaban J connectivity index is 1.69. The fraction of sp³-hybridized carbons (Fsp3) is 0.263. The predicted molar refractivity (Wildman–Crippen MR) is 103 cm³/mol. The van der Waals surface area contributed by atoms with E-state index in [1.807, 2.05) is 32.0 Å². The summed E-state index contributed by atoms with van der Waals surface area (Å²) in [5, 5.41) is 7.72. The highest BCUT2D eigenvalue weighted by Gasteiger charge is 2.17. The van der Waals surface area contributed by atoms with E-state index < -0.39 is 5.91 Å². The van der Waals surface area contributed by atoms with Gasteiger partial charge < -0.3 is 11.1 Å². The zero-order valence-corrected chi connectivity index (χ0v) is 15.9. The van der Waals surface area contributed by atoms with E-state index in [0.29, 0.717) is 30.1 Å². The van der Waals surface area contributed by atoms with Gasteiger partial charge in [-0.25, -0.2) is 9.50 Å². The quantitative estimate of drug-likeness (QED) is 0.679. The molecule has 2 amide bonds. The molecule has 2 heterocycles. The number of aryl methyl sites for hydroxylation is 2. The van der Waals surface area contributed by atoms with Crippen LogP contribution in [0.5, 0.6) is 0 Å². The maximum atomic E-state index is 12.2. The molecule has 0 atom stereocenters. The van der Waals surface area contributed by atoms with E-state index in [0.717, 1.165) is 22.5 Å². The SMILES string of the molecule is Cc1nc2c(C(N)=O)cnn2c(C)c1CCC(=O)NCc1cccc(Cl)c1. The second kappa shape index (κ2) is 7.75. The third-order valence-electron chi connectivity index (χ3n) is 4.45. The molecule has 27 heavy (non-hydrogen) atoms. The summed E-state index contributed by atoms with van der Waals surface area (Å²) in [5.41, 5.74) is 9.55. The number of nitrogens with one attached hydrogen (secondary N) is 1. The lowest BCUT2D eigenvalue weighted by Crippen LogP contribution is -2.23. The fourth-order valence-electron chi connectivity index (χ4n) is 3.02. The molecule has 0 aliphatic heterocycles. The van der Waals surface area contributed by atoms with Crippen LogP contribution < -0.4 is 11.1 Å². The standard InChI is InChI=1S/C19H20ClN5O2/c1-11-15(12(2)25-19(24-11)16(10-23-25)18(21)27)6-7-17(26)22-9-13-4-3-5-14(20)8-13/h3-5,8,10H,6-7,9H2,1-2H3,(H2,21,27)(H,22,26). The number of hydrogen-bond acceptors (Lipinski definition) is 4. The Bertz CT molecular complexity index is 1030. The molecule has 0 bridgehead atoms. The van der Waals surface area contributed by atoms with Gasteiger partial charge in [-0.05, 0) is 43.5 Å². The summed E-state index contributed by atoms with van der Waals surface area (Å²) in [7, 11) is 0. The highest BCUT2D eigenvalue weighted by Crippen LogP contribution is 2.18. The third-order valence-corrected chi connectivity index (χ3v) is 4.69. The molecular weight excluding hydrogens is 366 g/mol. The van der Waals surface area contributed by atoms with E-state index in [4.69, 9.17) is 17.3 Å². The van der Waals surface area contributed by atoms with Crippen molar-refractivity contribution in [1.82, 2.24) is 19.9 Å².